The van der Waals surface area contributed by atoms with E-state index in [0.717, 1.165) is 27.7 Å². The van der Waals surface area contributed by atoms with Crippen LogP contribution in [0.5, 0.6) is 11.5 Å². The molecule has 0 aliphatic heterocycles. The predicted octanol–water partition coefficient (Wildman–Crippen LogP) is 7.22. The molecule has 7 heteroatoms. The van der Waals surface area contributed by atoms with Crippen LogP contribution in [0.3, 0.4) is 0 Å². The zero-order valence-electron chi connectivity index (χ0n) is 15.2. The van der Waals surface area contributed by atoms with E-state index in [1.807, 2.05) is 55.5 Å². The molecule has 3 aromatic carbocycles. The number of nitro groups is 1. The maximum Gasteiger partial charge on any atom is 0.272 e. The maximum atomic E-state index is 10.9. The molecule has 0 amide bonds. The molecule has 0 aliphatic carbocycles. The summed E-state index contributed by atoms with van der Waals surface area (Å²) in [4.78, 5) is 15.1. The Morgan fingerprint density at radius 3 is 2.31 bits per heavy atom. The lowest BCUT2D eigenvalue weighted by Crippen LogP contribution is -1.93. The average Bonchev–Trinajstić information content (AvgIpc) is 2.71. The lowest BCUT2D eigenvalue weighted by atomic mass is 10.0. The molecule has 0 atom stereocenters. The number of rotatable bonds is 4. The van der Waals surface area contributed by atoms with E-state index >= 15 is 0 Å². The second kappa shape index (κ2) is 7.70. The van der Waals surface area contributed by atoms with Crippen molar-refractivity contribution in [2.45, 2.75) is 6.92 Å². The van der Waals surface area contributed by atoms with Crippen LogP contribution in [0.15, 0.2) is 66.7 Å². The molecule has 0 spiro atoms. The van der Waals surface area contributed by atoms with E-state index in [1.54, 1.807) is 6.07 Å². The average molecular weight is 425 g/mol. The summed E-state index contributed by atoms with van der Waals surface area (Å²) < 4.78 is 5.84. The third-order valence-electron chi connectivity index (χ3n) is 4.47. The van der Waals surface area contributed by atoms with Crippen molar-refractivity contribution in [2.75, 3.05) is 0 Å². The highest BCUT2D eigenvalue weighted by molar-refractivity contribution is 6.37. The molecular weight excluding hydrogens is 411 g/mol. The summed E-state index contributed by atoms with van der Waals surface area (Å²) in [7, 11) is 0. The van der Waals surface area contributed by atoms with Crippen LogP contribution in [0, 0.1) is 17.0 Å². The summed E-state index contributed by atoms with van der Waals surface area (Å²) in [6, 6.07) is 19.9. The van der Waals surface area contributed by atoms with Crippen molar-refractivity contribution in [3.63, 3.8) is 0 Å². The van der Waals surface area contributed by atoms with Gasteiger partial charge in [-0.05, 0) is 36.8 Å². The predicted molar refractivity (Wildman–Crippen MR) is 115 cm³/mol. The third kappa shape index (κ3) is 3.88. The molecular formula is C22H14Cl2N2O3. The normalized spacial score (nSPS) is 10.9. The number of aromatic nitrogens is 1. The number of hydrogen-bond donors (Lipinski definition) is 0. The SMILES string of the molecule is Cc1cc(-c2ccccc2)nc2ccc(Oc3c(Cl)cc([N+](=O)[O-])cc3Cl)cc12. The standard InChI is InChI=1S/C22H14Cl2N2O3/c1-13-9-21(14-5-3-2-4-6-14)25-20-8-7-16(12-17(13)20)29-22-18(23)10-15(26(27)28)11-19(22)24/h2-12H,1H3. The van der Waals surface area contributed by atoms with Crippen molar-refractivity contribution in [3.05, 3.63) is 92.5 Å². The van der Waals surface area contributed by atoms with Crippen LogP contribution in [-0.4, -0.2) is 9.91 Å². The zero-order chi connectivity index (χ0) is 20.5. The topological polar surface area (TPSA) is 65.3 Å². The monoisotopic (exact) mass is 424 g/mol. The van der Waals surface area contributed by atoms with Gasteiger partial charge in [0.2, 0.25) is 0 Å². The zero-order valence-corrected chi connectivity index (χ0v) is 16.7. The molecule has 144 valence electrons. The molecule has 4 rings (SSSR count). The van der Waals surface area contributed by atoms with Crippen LogP contribution in [-0.2, 0) is 0 Å². The molecule has 29 heavy (non-hydrogen) atoms. The van der Waals surface area contributed by atoms with Crippen LogP contribution in [0.2, 0.25) is 10.0 Å². The largest absolute Gasteiger partial charge is 0.454 e. The van der Waals surface area contributed by atoms with Gasteiger partial charge < -0.3 is 4.74 Å². The van der Waals surface area contributed by atoms with E-state index in [4.69, 9.17) is 32.9 Å². The second-order valence-corrected chi connectivity index (χ2v) is 7.28. The van der Waals surface area contributed by atoms with Gasteiger partial charge in [0.25, 0.3) is 5.69 Å². The van der Waals surface area contributed by atoms with Crippen molar-refractivity contribution in [1.82, 2.24) is 4.98 Å². The van der Waals surface area contributed by atoms with Crippen LogP contribution in [0.25, 0.3) is 22.2 Å². The lowest BCUT2D eigenvalue weighted by molar-refractivity contribution is -0.384. The molecule has 4 aromatic rings. The molecule has 0 saturated carbocycles. The molecule has 0 aliphatic rings. The Labute approximate surface area is 176 Å². The molecule has 1 heterocycles. The van der Waals surface area contributed by atoms with Crippen molar-refractivity contribution >= 4 is 39.8 Å². The number of nitrogens with zero attached hydrogens (tertiary/aromatic N) is 2. The van der Waals surface area contributed by atoms with Gasteiger partial charge >= 0.3 is 0 Å². The van der Waals surface area contributed by atoms with Gasteiger partial charge in [-0.15, -0.1) is 0 Å². The van der Waals surface area contributed by atoms with E-state index in [0.29, 0.717) is 5.75 Å². The van der Waals surface area contributed by atoms with E-state index in [9.17, 15) is 10.1 Å². The van der Waals surface area contributed by atoms with E-state index in [1.165, 1.54) is 12.1 Å². The van der Waals surface area contributed by atoms with Crippen LogP contribution in [0.4, 0.5) is 5.69 Å². The number of nitro benzene ring substituents is 1. The third-order valence-corrected chi connectivity index (χ3v) is 5.03. The van der Waals surface area contributed by atoms with Crippen LogP contribution in [0.1, 0.15) is 5.56 Å². The second-order valence-electron chi connectivity index (χ2n) is 6.47. The van der Waals surface area contributed by atoms with Crippen molar-refractivity contribution in [1.29, 1.82) is 0 Å². The number of aryl methyl sites for hydroxylation is 1. The highest BCUT2D eigenvalue weighted by Gasteiger charge is 2.17. The van der Waals surface area contributed by atoms with Crippen molar-refractivity contribution < 1.29 is 9.66 Å². The first-order valence-electron chi connectivity index (χ1n) is 8.70. The van der Waals surface area contributed by atoms with E-state index in [-0.39, 0.29) is 21.5 Å². The number of fused-ring (bicyclic) bond motifs is 1. The van der Waals surface area contributed by atoms with E-state index in [2.05, 4.69) is 0 Å². The number of pyridine rings is 1. The quantitative estimate of drug-likeness (QED) is 0.256. The smallest absolute Gasteiger partial charge is 0.272 e. The molecule has 0 unspecified atom stereocenters. The Morgan fingerprint density at radius 1 is 0.966 bits per heavy atom. The van der Waals surface area contributed by atoms with Gasteiger partial charge in [0.1, 0.15) is 5.75 Å². The van der Waals surface area contributed by atoms with Crippen LogP contribution < -0.4 is 4.74 Å². The van der Waals surface area contributed by atoms with Gasteiger partial charge in [0.15, 0.2) is 5.75 Å². The minimum absolute atomic E-state index is 0.0681. The Bertz CT molecular complexity index is 1220. The minimum atomic E-state index is -0.559. The Balaban J connectivity index is 1.72. The Hall–Kier alpha value is -3.15. The van der Waals surface area contributed by atoms with E-state index < -0.39 is 4.92 Å². The Kier molecular flexibility index (Phi) is 5.09. The van der Waals surface area contributed by atoms with Gasteiger partial charge in [-0.25, -0.2) is 4.98 Å². The molecule has 0 N–H and O–H groups in total. The number of hydrogen-bond acceptors (Lipinski definition) is 4. The highest BCUT2D eigenvalue weighted by atomic mass is 35.5. The molecule has 1 aromatic heterocycles. The molecule has 0 fully saturated rings. The molecule has 5 nitrogen and oxygen atoms in total. The van der Waals surface area contributed by atoms with Crippen molar-refractivity contribution in [2.24, 2.45) is 0 Å². The summed E-state index contributed by atoms with van der Waals surface area (Å²) in [5, 5.41) is 12.0. The summed E-state index contributed by atoms with van der Waals surface area (Å²) in [6.07, 6.45) is 0. The van der Waals surface area contributed by atoms with Gasteiger partial charge in [0, 0.05) is 23.1 Å². The number of benzene rings is 3. The minimum Gasteiger partial charge on any atom is -0.454 e. The number of non-ortho nitro benzene ring substituents is 1. The summed E-state index contributed by atoms with van der Waals surface area (Å²) in [5.41, 5.74) is 3.62. The summed E-state index contributed by atoms with van der Waals surface area (Å²) >= 11 is 12.3. The first kappa shape index (κ1) is 19.2. The molecule has 0 saturated heterocycles. The van der Waals surface area contributed by atoms with Gasteiger partial charge in [-0.2, -0.15) is 0 Å². The molecule has 0 radical (unpaired) electrons. The summed E-state index contributed by atoms with van der Waals surface area (Å²) in [6.45, 7) is 2.01. The maximum absolute atomic E-state index is 10.9. The van der Waals surface area contributed by atoms with Gasteiger partial charge in [0.05, 0.1) is 26.2 Å². The Morgan fingerprint density at radius 2 is 1.66 bits per heavy atom. The highest BCUT2D eigenvalue weighted by Crippen LogP contribution is 2.40. The summed E-state index contributed by atoms with van der Waals surface area (Å²) in [5.74, 6) is 0.678. The molecule has 0 bridgehead atoms. The van der Waals surface area contributed by atoms with Gasteiger partial charge in [-0.3, -0.25) is 10.1 Å². The lowest BCUT2D eigenvalue weighted by Gasteiger charge is -2.12. The van der Waals surface area contributed by atoms with Gasteiger partial charge in [-0.1, -0.05) is 53.5 Å². The fraction of sp³-hybridized carbons (Fsp3) is 0.0455. The number of halogens is 2. The van der Waals surface area contributed by atoms with Crippen LogP contribution >= 0.6 is 23.2 Å². The first-order valence-corrected chi connectivity index (χ1v) is 9.46. The fourth-order valence-electron chi connectivity index (χ4n) is 3.06. The number of ether oxygens (including phenoxy) is 1. The van der Waals surface area contributed by atoms with Crippen molar-refractivity contribution in [3.8, 4) is 22.8 Å². The first-order chi connectivity index (χ1) is 13.9. The fourth-order valence-corrected chi connectivity index (χ4v) is 3.61.